The lowest BCUT2D eigenvalue weighted by Gasteiger charge is -2.23. The lowest BCUT2D eigenvalue weighted by Crippen LogP contribution is -2.34. The average Bonchev–Trinajstić information content (AvgIpc) is 3.33. The molecule has 1 unspecified atom stereocenters. The third-order valence-corrected chi connectivity index (χ3v) is 10.8. The summed E-state index contributed by atoms with van der Waals surface area (Å²) in [4.78, 5) is 119. The van der Waals surface area contributed by atoms with Gasteiger partial charge in [-0.3, -0.25) is 47.9 Å². The van der Waals surface area contributed by atoms with Crippen LogP contribution in [0.15, 0.2) is 0 Å². The monoisotopic (exact) mass is 1020 g/mol. The maximum absolute atomic E-state index is 12.3. The zero-order valence-electron chi connectivity index (χ0n) is 43.0. The maximum Gasteiger partial charge on any atom is 0.311 e. The fourth-order valence-corrected chi connectivity index (χ4v) is 5.97. The van der Waals surface area contributed by atoms with Crippen LogP contribution in [0.25, 0.3) is 0 Å². The van der Waals surface area contributed by atoms with Gasteiger partial charge in [0.25, 0.3) is 0 Å². The third kappa shape index (κ3) is 42.1. The Morgan fingerprint density at radius 3 is 0.972 bits per heavy atom. The van der Waals surface area contributed by atoms with Gasteiger partial charge in [-0.25, -0.2) is 0 Å². The first kappa shape index (κ1) is 65.7. The van der Waals surface area contributed by atoms with Crippen molar-refractivity contribution in [3.8, 4) is 0 Å². The van der Waals surface area contributed by atoms with E-state index in [4.69, 9.17) is 47.7 Å². The summed E-state index contributed by atoms with van der Waals surface area (Å²) in [5, 5.41) is 8.80. The lowest BCUT2D eigenvalue weighted by atomic mass is 9.91. The lowest BCUT2D eigenvalue weighted by molar-refractivity contribution is -0.171. The van der Waals surface area contributed by atoms with E-state index in [0.717, 1.165) is 25.7 Å². The Kier molecular flexibility index (Phi) is 40.2. The van der Waals surface area contributed by atoms with Crippen LogP contribution in [0.4, 0.5) is 0 Å². The summed E-state index contributed by atoms with van der Waals surface area (Å²) in [5.74, 6) is -5.40. The minimum atomic E-state index is -1.20. The second-order valence-corrected chi connectivity index (χ2v) is 17.8. The number of carbonyl (C=O) groups is 10. The van der Waals surface area contributed by atoms with Crippen LogP contribution in [-0.4, -0.2) is 124 Å². The van der Waals surface area contributed by atoms with Gasteiger partial charge in [-0.05, 0) is 123 Å². The molecule has 0 aliphatic rings. The van der Waals surface area contributed by atoms with E-state index in [-0.39, 0.29) is 81.8 Å². The SMILES string of the molecule is CCCCOC(=O)CCCCCOC(=O)CCCCCOC(=O)CCCCCOC(=O)CCCCCOC(=O)CCCCCOC(=O)CCC(=O)OCC(COC(=O)C(C)(C)CC)OC(=O)CCC(=O)O. The summed E-state index contributed by atoms with van der Waals surface area (Å²) in [6.07, 6.45) is 10.8. The van der Waals surface area contributed by atoms with Gasteiger partial charge in [0, 0.05) is 32.1 Å². The molecule has 0 fully saturated rings. The summed E-state index contributed by atoms with van der Waals surface area (Å²) in [5.41, 5.74) is -0.801. The number of carbonyl (C=O) groups excluding carboxylic acids is 9. The third-order valence-electron chi connectivity index (χ3n) is 10.8. The van der Waals surface area contributed by atoms with Crippen LogP contribution in [0, 0.1) is 5.41 Å². The van der Waals surface area contributed by atoms with Crippen LogP contribution in [0.2, 0.25) is 0 Å². The number of aliphatic carboxylic acids is 1. The van der Waals surface area contributed by atoms with Gasteiger partial charge >= 0.3 is 59.7 Å². The Hall–Kier alpha value is -5.30. The van der Waals surface area contributed by atoms with Crippen molar-refractivity contribution < 1.29 is 95.7 Å². The molecule has 0 aliphatic heterocycles. The largest absolute Gasteiger partial charge is 0.481 e. The average molecular weight is 1020 g/mol. The van der Waals surface area contributed by atoms with Gasteiger partial charge in [-0.2, -0.15) is 0 Å². The number of rotatable bonds is 46. The van der Waals surface area contributed by atoms with Crippen LogP contribution in [0.5, 0.6) is 0 Å². The van der Waals surface area contributed by atoms with Crippen molar-refractivity contribution in [3.63, 3.8) is 0 Å². The number of unbranched alkanes of at least 4 members (excludes halogenated alkanes) is 11. The van der Waals surface area contributed by atoms with Crippen molar-refractivity contribution in [3.05, 3.63) is 0 Å². The molecule has 0 heterocycles. The Bertz CT molecular complexity index is 1560. The number of ether oxygens (including phenoxy) is 9. The van der Waals surface area contributed by atoms with Gasteiger partial charge in [0.15, 0.2) is 6.10 Å². The first-order chi connectivity index (χ1) is 34.0. The highest BCUT2D eigenvalue weighted by atomic mass is 16.6. The number of hydrogen-bond acceptors (Lipinski definition) is 19. The molecule has 0 aliphatic carbocycles. The molecule has 0 bridgehead atoms. The standard InChI is InChI=1S/C51H84O20/c1-5-7-32-63-42(54)23-13-8-18-33-64-43(55)24-14-9-19-34-65-44(56)25-15-10-20-35-66-45(57)26-16-11-21-36-67-46(58)27-17-12-22-37-68-47(59)30-31-48(60)69-38-40(71-49(61)29-28-41(52)53)39-70-50(62)51(3,4)6-2/h40H,5-39H2,1-4H3,(H,52,53). The number of carboxylic acids is 1. The van der Waals surface area contributed by atoms with Crippen LogP contribution >= 0.6 is 0 Å². The summed E-state index contributed by atoms with van der Waals surface area (Å²) in [6, 6.07) is 0. The molecule has 0 saturated heterocycles. The van der Waals surface area contributed by atoms with Crippen molar-refractivity contribution in [2.45, 2.75) is 207 Å². The van der Waals surface area contributed by atoms with E-state index in [1.807, 2.05) is 6.92 Å². The molecule has 0 amide bonds. The molecule has 0 spiro atoms. The van der Waals surface area contributed by atoms with Crippen molar-refractivity contribution in [1.29, 1.82) is 0 Å². The molecule has 0 saturated carbocycles. The number of carboxylic acid groups (broad SMARTS) is 1. The van der Waals surface area contributed by atoms with Crippen molar-refractivity contribution in [2.24, 2.45) is 5.41 Å². The molecular formula is C51H84O20. The maximum atomic E-state index is 12.3. The van der Waals surface area contributed by atoms with E-state index in [1.54, 1.807) is 20.8 Å². The molecule has 0 aromatic carbocycles. The van der Waals surface area contributed by atoms with Gasteiger partial charge in [-0.15, -0.1) is 0 Å². The van der Waals surface area contributed by atoms with Crippen molar-refractivity contribution >= 4 is 59.7 Å². The summed E-state index contributed by atoms with van der Waals surface area (Å²) in [6.45, 7) is 8.00. The van der Waals surface area contributed by atoms with E-state index >= 15 is 0 Å². The van der Waals surface area contributed by atoms with Crippen LogP contribution in [0.1, 0.15) is 201 Å². The number of hydrogen-bond donors (Lipinski definition) is 1. The minimum absolute atomic E-state index is 0.0904. The predicted molar refractivity (Wildman–Crippen MR) is 255 cm³/mol. The van der Waals surface area contributed by atoms with E-state index < -0.39 is 67.4 Å². The Morgan fingerprint density at radius 2 is 0.648 bits per heavy atom. The van der Waals surface area contributed by atoms with E-state index in [2.05, 4.69) is 0 Å². The fourth-order valence-electron chi connectivity index (χ4n) is 5.97. The Morgan fingerprint density at radius 1 is 0.352 bits per heavy atom. The molecule has 20 heteroatoms. The van der Waals surface area contributed by atoms with Gasteiger partial charge in [-0.1, -0.05) is 20.3 Å². The highest BCUT2D eigenvalue weighted by Gasteiger charge is 2.29. The van der Waals surface area contributed by atoms with Crippen molar-refractivity contribution in [1.82, 2.24) is 0 Å². The molecular weight excluding hydrogens is 933 g/mol. The molecule has 1 N–H and O–H groups in total. The number of esters is 9. The molecule has 20 nitrogen and oxygen atoms in total. The molecule has 1 atom stereocenters. The highest BCUT2D eigenvalue weighted by molar-refractivity contribution is 5.78. The first-order valence-electron chi connectivity index (χ1n) is 25.7. The second-order valence-electron chi connectivity index (χ2n) is 17.8. The van der Waals surface area contributed by atoms with E-state index in [0.29, 0.717) is 123 Å². The summed E-state index contributed by atoms with van der Waals surface area (Å²) in [7, 11) is 0. The van der Waals surface area contributed by atoms with Gasteiger partial charge < -0.3 is 47.7 Å². The molecule has 0 aromatic rings. The predicted octanol–water partition coefficient (Wildman–Crippen LogP) is 7.93. The first-order valence-corrected chi connectivity index (χ1v) is 25.7. The van der Waals surface area contributed by atoms with Gasteiger partial charge in [0.1, 0.15) is 13.2 Å². The Labute approximate surface area is 419 Å². The Balaban J connectivity index is 3.80. The zero-order chi connectivity index (χ0) is 53.0. The van der Waals surface area contributed by atoms with E-state index in [9.17, 15) is 47.9 Å². The topological polar surface area (TPSA) is 274 Å². The molecule has 0 aromatic heterocycles. The summed E-state index contributed by atoms with van der Waals surface area (Å²) >= 11 is 0. The summed E-state index contributed by atoms with van der Waals surface area (Å²) < 4.78 is 46.8. The molecule has 71 heavy (non-hydrogen) atoms. The van der Waals surface area contributed by atoms with Crippen LogP contribution in [0.3, 0.4) is 0 Å². The highest BCUT2D eigenvalue weighted by Crippen LogP contribution is 2.22. The van der Waals surface area contributed by atoms with Crippen LogP contribution in [-0.2, 0) is 90.6 Å². The van der Waals surface area contributed by atoms with Gasteiger partial charge in [0.2, 0.25) is 0 Å². The van der Waals surface area contributed by atoms with Crippen molar-refractivity contribution in [2.75, 3.05) is 52.9 Å². The quantitative estimate of drug-likeness (QED) is 0.0344. The minimum Gasteiger partial charge on any atom is -0.481 e. The zero-order valence-corrected chi connectivity index (χ0v) is 43.0. The molecule has 0 rings (SSSR count). The van der Waals surface area contributed by atoms with Crippen LogP contribution < -0.4 is 0 Å². The van der Waals surface area contributed by atoms with Gasteiger partial charge in [0.05, 0.1) is 70.7 Å². The second kappa shape index (κ2) is 43.5. The molecule has 408 valence electrons. The molecule has 0 radical (unpaired) electrons. The van der Waals surface area contributed by atoms with E-state index in [1.165, 1.54) is 0 Å². The fraction of sp³-hybridized carbons (Fsp3) is 0.804. The smallest absolute Gasteiger partial charge is 0.311 e. The normalized spacial score (nSPS) is 11.4.